The molecule has 0 spiro atoms. The molecule has 5 heteroatoms. The number of nitrogens with one attached hydrogen (secondary N) is 1. The van der Waals surface area contributed by atoms with Crippen LogP contribution >= 0.6 is 0 Å². The van der Waals surface area contributed by atoms with Crippen molar-refractivity contribution in [3.8, 4) is 0 Å². The molecule has 1 amide bonds. The van der Waals surface area contributed by atoms with E-state index in [0.717, 1.165) is 18.2 Å². The highest BCUT2D eigenvalue weighted by molar-refractivity contribution is 5.80. The highest BCUT2D eigenvalue weighted by Gasteiger charge is 2.10. The molecule has 0 bridgehead atoms. The molecule has 0 radical (unpaired) electrons. The zero-order chi connectivity index (χ0) is 12.8. The first-order valence-corrected chi connectivity index (χ1v) is 5.66. The van der Waals surface area contributed by atoms with Crippen LogP contribution in [-0.4, -0.2) is 50.0 Å². The summed E-state index contributed by atoms with van der Waals surface area (Å²) in [5, 5.41) is 3.15. The number of rotatable bonds is 5. The van der Waals surface area contributed by atoms with E-state index in [9.17, 15) is 4.79 Å². The number of amides is 1. The maximum absolute atomic E-state index is 11.6. The van der Waals surface area contributed by atoms with Gasteiger partial charge in [0.2, 0.25) is 5.91 Å². The number of carbonyl (C=O) groups excluding carboxylic acids is 1. The SMILES string of the molecule is CCNc1cccc(N(C)CC(=O)N(C)C)n1. The van der Waals surface area contributed by atoms with E-state index in [1.807, 2.05) is 37.1 Å². The van der Waals surface area contributed by atoms with Crippen LogP contribution in [0.3, 0.4) is 0 Å². The number of anilines is 2. The van der Waals surface area contributed by atoms with Crippen molar-refractivity contribution in [1.82, 2.24) is 9.88 Å². The zero-order valence-electron chi connectivity index (χ0n) is 10.9. The van der Waals surface area contributed by atoms with Crippen molar-refractivity contribution >= 4 is 17.5 Å². The molecule has 0 atom stereocenters. The van der Waals surface area contributed by atoms with E-state index in [4.69, 9.17) is 0 Å². The molecule has 1 N–H and O–H groups in total. The van der Waals surface area contributed by atoms with Gasteiger partial charge >= 0.3 is 0 Å². The molecule has 94 valence electrons. The largest absolute Gasteiger partial charge is 0.370 e. The summed E-state index contributed by atoms with van der Waals surface area (Å²) in [6.07, 6.45) is 0. The second kappa shape index (κ2) is 6.08. The standard InChI is InChI=1S/C12H20N4O/c1-5-13-10-7-6-8-11(14-10)16(4)9-12(17)15(2)3/h6-8H,5,9H2,1-4H3,(H,13,14). The molecule has 1 aromatic rings. The fourth-order valence-electron chi connectivity index (χ4n) is 1.34. The third-order valence-electron chi connectivity index (χ3n) is 2.35. The van der Waals surface area contributed by atoms with Crippen molar-refractivity contribution in [2.45, 2.75) is 6.92 Å². The van der Waals surface area contributed by atoms with Gasteiger partial charge in [0.1, 0.15) is 11.6 Å². The number of likely N-dealkylation sites (N-methyl/N-ethyl adjacent to an activating group) is 2. The molecular weight excluding hydrogens is 216 g/mol. The summed E-state index contributed by atoms with van der Waals surface area (Å²) < 4.78 is 0. The lowest BCUT2D eigenvalue weighted by molar-refractivity contribution is -0.127. The van der Waals surface area contributed by atoms with E-state index in [1.165, 1.54) is 0 Å². The number of hydrogen-bond acceptors (Lipinski definition) is 4. The molecule has 1 aromatic heterocycles. The summed E-state index contributed by atoms with van der Waals surface area (Å²) in [4.78, 5) is 19.4. The molecule has 0 aromatic carbocycles. The fourth-order valence-corrected chi connectivity index (χ4v) is 1.34. The van der Waals surface area contributed by atoms with Crippen LogP contribution in [0.4, 0.5) is 11.6 Å². The van der Waals surface area contributed by atoms with Crippen LogP contribution < -0.4 is 10.2 Å². The minimum absolute atomic E-state index is 0.0585. The smallest absolute Gasteiger partial charge is 0.241 e. The predicted molar refractivity (Wildman–Crippen MR) is 70.4 cm³/mol. The van der Waals surface area contributed by atoms with Gasteiger partial charge in [-0.15, -0.1) is 0 Å². The Bertz CT molecular complexity index is 379. The Labute approximate surface area is 102 Å². The van der Waals surface area contributed by atoms with Gasteiger partial charge in [-0.25, -0.2) is 4.98 Å². The number of aromatic nitrogens is 1. The fraction of sp³-hybridized carbons (Fsp3) is 0.500. The molecular formula is C12H20N4O. The second-order valence-electron chi connectivity index (χ2n) is 4.06. The molecule has 0 saturated heterocycles. The van der Waals surface area contributed by atoms with Crippen molar-refractivity contribution in [3.63, 3.8) is 0 Å². The average molecular weight is 236 g/mol. The number of pyridine rings is 1. The normalized spacial score (nSPS) is 9.88. The van der Waals surface area contributed by atoms with Gasteiger partial charge in [0.05, 0.1) is 6.54 Å². The van der Waals surface area contributed by atoms with E-state index in [1.54, 1.807) is 19.0 Å². The molecule has 1 rings (SSSR count). The summed E-state index contributed by atoms with van der Waals surface area (Å²) in [7, 11) is 5.36. The van der Waals surface area contributed by atoms with Crippen molar-refractivity contribution in [2.75, 3.05) is 44.4 Å². The molecule has 0 aliphatic heterocycles. The first kappa shape index (κ1) is 13.3. The van der Waals surface area contributed by atoms with Crippen LogP contribution in [0.15, 0.2) is 18.2 Å². The van der Waals surface area contributed by atoms with Crippen LogP contribution in [0.1, 0.15) is 6.92 Å². The van der Waals surface area contributed by atoms with Crippen LogP contribution in [0.5, 0.6) is 0 Å². The van der Waals surface area contributed by atoms with Crippen molar-refractivity contribution in [1.29, 1.82) is 0 Å². The maximum atomic E-state index is 11.6. The summed E-state index contributed by atoms with van der Waals surface area (Å²) in [5.41, 5.74) is 0. The van der Waals surface area contributed by atoms with Crippen LogP contribution in [0.2, 0.25) is 0 Å². The lowest BCUT2D eigenvalue weighted by Gasteiger charge is -2.20. The molecule has 1 heterocycles. The number of nitrogens with zero attached hydrogens (tertiary/aromatic N) is 3. The lowest BCUT2D eigenvalue weighted by Crippen LogP contribution is -2.34. The molecule has 0 fully saturated rings. The summed E-state index contributed by atoms with van der Waals surface area (Å²) in [6.45, 7) is 3.18. The first-order valence-electron chi connectivity index (χ1n) is 5.66. The molecule has 5 nitrogen and oxygen atoms in total. The van der Waals surface area contributed by atoms with Crippen molar-refractivity contribution in [3.05, 3.63) is 18.2 Å². The molecule has 17 heavy (non-hydrogen) atoms. The van der Waals surface area contributed by atoms with Crippen LogP contribution in [-0.2, 0) is 4.79 Å². The van der Waals surface area contributed by atoms with Gasteiger partial charge in [-0.05, 0) is 19.1 Å². The van der Waals surface area contributed by atoms with Crippen LogP contribution in [0, 0.1) is 0 Å². The van der Waals surface area contributed by atoms with Gasteiger partial charge in [-0.2, -0.15) is 0 Å². The minimum Gasteiger partial charge on any atom is -0.370 e. The van der Waals surface area contributed by atoms with Gasteiger partial charge in [-0.3, -0.25) is 4.79 Å². The van der Waals surface area contributed by atoms with E-state index in [2.05, 4.69) is 10.3 Å². The highest BCUT2D eigenvalue weighted by Crippen LogP contribution is 2.12. The summed E-state index contributed by atoms with van der Waals surface area (Å²) in [6, 6.07) is 5.73. The minimum atomic E-state index is 0.0585. The number of hydrogen-bond donors (Lipinski definition) is 1. The summed E-state index contributed by atoms with van der Waals surface area (Å²) >= 11 is 0. The molecule has 0 unspecified atom stereocenters. The van der Waals surface area contributed by atoms with Gasteiger partial charge in [0, 0.05) is 27.7 Å². The Hall–Kier alpha value is -1.78. The molecule has 0 saturated carbocycles. The topological polar surface area (TPSA) is 48.5 Å². The Morgan fingerprint density at radius 2 is 2.06 bits per heavy atom. The van der Waals surface area contributed by atoms with E-state index >= 15 is 0 Å². The molecule has 0 aliphatic rings. The quantitative estimate of drug-likeness (QED) is 0.830. The third kappa shape index (κ3) is 3.94. The Morgan fingerprint density at radius 3 is 2.65 bits per heavy atom. The van der Waals surface area contributed by atoms with Crippen molar-refractivity contribution < 1.29 is 4.79 Å². The second-order valence-corrected chi connectivity index (χ2v) is 4.06. The van der Waals surface area contributed by atoms with Gasteiger partial charge in [0.15, 0.2) is 0 Å². The van der Waals surface area contributed by atoms with E-state index in [-0.39, 0.29) is 5.91 Å². The first-order chi connectivity index (χ1) is 8.04. The van der Waals surface area contributed by atoms with Gasteiger partial charge in [0.25, 0.3) is 0 Å². The van der Waals surface area contributed by atoms with E-state index < -0.39 is 0 Å². The number of carbonyl (C=O) groups is 1. The van der Waals surface area contributed by atoms with Gasteiger partial charge < -0.3 is 15.1 Å². The van der Waals surface area contributed by atoms with Gasteiger partial charge in [-0.1, -0.05) is 6.07 Å². The monoisotopic (exact) mass is 236 g/mol. The van der Waals surface area contributed by atoms with E-state index in [0.29, 0.717) is 6.54 Å². The molecule has 0 aliphatic carbocycles. The Morgan fingerprint density at radius 1 is 1.35 bits per heavy atom. The zero-order valence-corrected chi connectivity index (χ0v) is 10.9. The Kier molecular flexibility index (Phi) is 4.75. The van der Waals surface area contributed by atoms with Crippen molar-refractivity contribution in [2.24, 2.45) is 0 Å². The third-order valence-corrected chi connectivity index (χ3v) is 2.35. The summed E-state index contributed by atoms with van der Waals surface area (Å²) in [5.74, 6) is 1.68. The average Bonchev–Trinajstić information content (AvgIpc) is 2.29. The lowest BCUT2D eigenvalue weighted by atomic mass is 10.4. The Balaban J connectivity index is 2.71. The highest BCUT2D eigenvalue weighted by atomic mass is 16.2. The van der Waals surface area contributed by atoms with Crippen LogP contribution in [0.25, 0.3) is 0 Å². The maximum Gasteiger partial charge on any atom is 0.241 e. The predicted octanol–water partition coefficient (Wildman–Crippen LogP) is 1.04.